The third-order valence-electron chi connectivity index (χ3n) is 5.27. The molecular formula is C20H27N5O2. The van der Waals surface area contributed by atoms with Crippen LogP contribution in [0.3, 0.4) is 0 Å². The number of nitrogens with one attached hydrogen (secondary N) is 1. The highest BCUT2D eigenvalue weighted by atomic mass is 16.5. The van der Waals surface area contributed by atoms with Crippen molar-refractivity contribution < 1.29 is 9.53 Å². The molecule has 0 radical (unpaired) electrons. The van der Waals surface area contributed by atoms with Crippen LogP contribution in [0.15, 0.2) is 36.7 Å². The Bertz CT molecular complexity index is 784. The molecule has 2 saturated heterocycles. The number of nitrogens with zero attached hydrogens (tertiary/aromatic N) is 4. The molecule has 2 fully saturated rings. The minimum Gasteiger partial charge on any atom is -0.371 e. The summed E-state index contributed by atoms with van der Waals surface area (Å²) in [5.41, 5.74) is 3.04. The van der Waals surface area contributed by atoms with E-state index in [2.05, 4.69) is 34.4 Å². The van der Waals surface area contributed by atoms with Crippen LogP contribution in [0.2, 0.25) is 0 Å². The van der Waals surface area contributed by atoms with Crippen molar-refractivity contribution in [2.24, 2.45) is 0 Å². The number of urea groups is 1. The summed E-state index contributed by atoms with van der Waals surface area (Å²) in [6.45, 7) is 6.72. The number of hydrogen-bond donors (Lipinski definition) is 1. The van der Waals surface area contributed by atoms with Gasteiger partial charge in [-0.2, -0.15) is 5.10 Å². The van der Waals surface area contributed by atoms with Crippen LogP contribution in [0.1, 0.15) is 31.4 Å². The fraction of sp³-hybridized carbons (Fsp3) is 0.500. The zero-order chi connectivity index (χ0) is 18.6. The highest BCUT2D eigenvalue weighted by Gasteiger charge is 2.26. The van der Waals surface area contributed by atoms with Crippen LogP contribution in [0.25, 0.3) is 0 Å². The maximum Gasteiger partial charge on any atom is 0.322 e. The molecule has 0 saturated carbocycles. The van der Waals surface area contributed by atoms with Crippen LogP contribution in [0, 0.1) is 0 Å². The average molecular weight is 369 g/mol. The molecule has 0 unspecified atom stereocenters. The lowest BCUT2D eigenvalue weighted by molar-refractivity contribution is -0.0135. The predicted molar refractivity (Wildman–Crippen MR) is 105 cm³/mol. The third kappa shape index (κ3) is 4.08. The lowest BCUT2D eigenvalue weighted by Crippen LogP contribution is -2.44. The molecule has 2 aliphatic rings. The van der Waals surface area contributed by atoms with E-state index in [-0.39, 0.29) is 12.1 Å². The van der Waals surface area contributed by atoms with E-state index in [1.165, 1.54) is 18.5 Å². The van der Waals surface area contributed by atoms with Crippen molar-refractivity contribution in [3.8, 4) is 0 Å². The van der Waals surface area contributed by atoms with Gasteiger partial charge in [-0.15, -0.1) is 0 Å². The van der Waals surface area contributed by atoms with E-state index < -0.39 is 0 Å². The van der Waals surface area contributed by atoms with E-state index in [4.69, 9.17) is 4.74 Å². The van der Waals surface area contributed by atoms with Crippen LogP contribution in [0.4, 0.5) is 16.2 Å². The maximum absolute atomic E-state index is 12.8. The summed E-state index contributed by atoms with van der Waals surface area (Å²) in [5.74, 6) is 0. The molecule has 0 spiro atoms. The fourth-order valence-corrected chi connectivity index (χ4v) is 3.71. The topological polar surface area (TPSA) is 62.6 Å². The Kier molecular flexibility index (Phi) is 5.29. The molecule has 7 heteroatoms. The van der Waals surface area contributed by atoms with E-state index in [1.807, 2.05) is 34.1 Å². The number of aryl methyl sites for hydroxylation is 1. The molecule has 4 rings (SSSR count). The number of hydrogen-bond acceptors (Lipinski definition) is 4. The summed E-state index contributed by atoms with van der Waals surface area (Å²) in [4.78, 5) is 16.9. The first-order valence-electron chi connectivity index (χ1n) is 9.78. The molecule has 1 aromatic heterocycles. The zero-order valence-corrected chi connectivity index (χ0v) is 15.8. The first kappa shape index (κ1) is 17.9. The van der Waals surface area contributed by atoms with Crippen LogP contribution < -0.4 is 10.2 Å². The second-order valence-corrected chi connectivity index (χ2v) is 7.11. The van der Waals surface area contributed by atoms with Crippen molar-refractivity contribution in [3.05, 3.63) is 42.2 Å². The van der Waals surface area contributed by atoms with Gasteiger partial charge in [0.1, 0.15) is 6.10 Å². The molecule has 2 aliphatic heterocycles. The minimum absolute atomic E-state index is 0.0789. The van der Waals surface area contributed by atoms with Crippen LogP contribution in [0.5, 0.6) is 0 Å². The smallest absolute Gasteiger partial charge is 0.322 e. The third-order valence-corrected chi connectivity index (χ3v) is 5.27. The molecule has 1 aromatic carbocycles. The van der Waals surface area contributed by atoms with Crippen molar-refractivity contribution in [3.63, 3.8) is 0 Å². The van der Waals surface area contributed by atoms with Gasteiger partial charge in [0.25, 0.3) is 0 Å². The molecule has 7 nitrogen and oxygen atoms in total. The van der Waals surface area contributed by atoms with Crippen molar-refractivity contribution in [1.82, 2.24) is 14.7 Å². The maximum atomic E-state index is 12.8. The van der Waals surface area contributed by atoms with Gasteiger partial charge in [-0.3, -0.25) is 4.68 Å². The van der Waals surface area contributed by atoms with Gasteiger partial charge in [-0.1, -0.05) is 6.07 Å². The number of anilines is 2. The number of rotatable bonds is 4. The number of benzene rings is 1. The Morgan fingerprint density at radius 2 is 2.15 bits per heavy atom. The summed E-state index contributed by atoms with van der Waals surface area (Å²) in [6, 6.07) is 8.04. The molecule has 1 atom stereocenters. The minimum atomic E-state index is -0.124. The molecule has 0 aliphatic carbocycles. The van der Waals surface area contributed by atoms with Crippen molar-refractivity contribution in [1.29, 1.82) is 0 Å². The first-order valence-corrected chi connectivity index (χ1v) is 9.78. The number of morpholine rings is 1. The van der Waals surface area contributed by atoms with Gasteiger partial charge in [0, 0.05) is 49.3 Å². The Hall–Kier alpha value is -2.54. The highest BCUT2D eigenvalue weighted by Crippen LogP contribution is 2.25. The zero-order valence-electron chi connectivity index (χ0n) is 15.8. The van der Waals surface area contributed by atoms with Crippen molar-refractivity contribution in [2.75, 3.05) is 43.0 Å². The van der Waals surface area contributed by atoms with E-state index in [0.717, 1.165) is 30.9 Å². The second-order valence-electron chi connectivity index (χ2n) is 7.11. The molecule has 27 heavy (non-hydrogen) atoms. The van der Waals surface area contributed by atoms with E-state index >= 15 is 0 Å². The lowest BCUT2D eigenvalue weighted by atomic mass is 10.1. The molecular weight excluding hydrogens is 342 g/mol. The number of carbonyl (C=O) groups excluding carboxylic acids is 1. The Morgan fingerprint density at radius 1 is 1.30 bits per heavy atom. The molecule has 2 amide bonds. The summed E-state index contributed by atoms with van der Waals surface area (Å²) in [7, 11) is 0. The van der Waals surface area contributed by atoms with E-state index in [9.17, 15) is 4.79 Å². The number of amides is 2. The lowest BCUT2D eigenvalue weighted by Gasteiger charge is -2.32. The Balaban J connectivity index is 1.39. The van der Waals surface area contributed by atoms with Crippen LogP contribution >= 0.6 is 0 Å². The predicted octanol–water partition coefficient (Wildman–Crippen LogP) is 3.11. The summed E-state index contributed by atoms with van der Waals surface area (Å²) >= 11 is 0. The molecule has 144 valence electrons. The van der Waals surface area contributed by atoms with Gasteiger partial charge < -0.3 is 19.9 Å². The SMILES string of the molecule is CCn1cc([C@H]2CN(C(=O)Nc3cccc(N4CCCC4)c3)CCO2)cn1. The quantitative estimate of drug-likeness (QED) is 0.900. The van der Waals surface area contributed by atoms with Crippen LogP contribution in [-0.2, 0) is 11.3 Å². The van der Waals surface area contributed by atoms with Crippen molar-refractivity contribution in [2.45, 2.75) is 32.4 Å². The van der Waals surface area contributed by atoms with Gasteiger partial charge in [0.15, 0.2) is 0 Å². The number of aromatic nitrogens is 2. The van der Waals surface area contributed by atoms with Gasteiger partial charge in [-0.25, -0.2) is 4.79 Å². The highest BCUT2D eigenvalue weighted by molar-refractivity contribution is 5.90. The summed E-state index contributed by atoms with van der Waals surface area (Å²) < 4.78 is 7.73. The molecule has 1 N–H and O–H groups in total. The molecule has 2 aromatic rings. The van der Waals surface area contributed by atoms with Gasteiger partial charge >= 0.3 is 6.03 Å². The van der Waals surface area contributed by atoms with Crippen LogP contribution in [-0.4, -0.2) is 53.5 Å². The van der Waals surface area contributed by atoms with E-state index in [1.54, 1.807) is 0 Å². The van der Waals surface area contributed by atoms with Gasteiger partial charge in [0.2, 0.25) is 0 Å². The normalized spacial score (nSPS) is 20.1. The van der Waals surface area contributed by atoms with E-state index in [0.29, 0.717) is 19.7 Å². The second kappa shape index (κ2) is 8.00. The largest absolute Gasteiger partial charge is 0.371 e. The molecule has 3 heterocycles. The number of carbonyl (C=O) groups is 1. The standard InChI is InChI=1S/C20H27N5O2/c1-2-25-14-16(13-21-25)19-15-24(10-11-27-19)20(26)22-17-6-5-7-18(12-17)23-8-3-4-9-23/h5-7,12-14,19H,2-4,8-11,15H2,1H3,(H,22,26)/t19-/m1/s1. The first-order chi connectivity index (χ1) is 13.2. The van der Waals surface area contributed by atoms with Gasteiger partial charge in [-0.05, 0) is 38.0 Å². The number of ether oxygens (including phenoxy) is 1. The molecule has 0 bridgehead atoms. The Morgan fingerprint density at radius 3 is 2.93 bits per heavy atom. The average Bonchev–Trinajstić information content (AvgIpc) is 3.40. The summed E-state index contributed by atoms with van der Waals surface area (Å²) in [6.07, 6.45) is 6.17. The fourth-order valence-electron chi connectivity index (χ4n) is 3.71. The Labute approximate surface area is 159 Å². The van der Waals surface area contributed by atoms with Gasteiger partial charge in [0.05, 0.1) is 19.3 Å². The van der Waals surface area contributed by atoms with Crippen molar-refractivity contribution >= 4 is 17.4 Å². The monoisotopic (exact) mass is 369 g/mol. The summed E-state index contributed by atoms with van der Waals surface area (Å²) in [5, 5.41) is 7.36.